The van der Waals surface area contributed by atoms with Gasteiger partial charge in [0.1, 0.15) is 11.6 Å². The van der Waals surface area contributed by atoms with Gasteiger partial charge in [-0.05, 0) is 53.6 Å². The Bertz CT molecular complexity index is 1480. The van der Waals surface area contributed by atoms with Gasteiger partial charge in [-0.3, -0.25) is 14.3 Å². The number of amides is 2. The van der Waals surface area contributed by atoms with Gasteiger partial charge in [0, 0.05) is 24.4 Å². The highest BCUT2D eigenvalue weighted by molar-refractivity contribution is 6.00. The average molecular weight is 510 g/mol. The van der Waals surface area contributed by atoms with Crippen molar-refractivity contribution in [3.05, 3.63) is 95.7 Å². The summed E-state index contributed by atoms with van der Waals surface area (Å²) in [6.45, 7) is 0.819. The molecule has 4 aromatic rings. The summed E-state index contributed by atoms with van der Waals surface area (Å²) >= 11 is 0. The van der Waals surface area contributed by atoms with E-state index >= 15 is 0 Å². The predicted octanol–water partition coefficient (Wildman–Crippen LogP) is 4.98. The number of nitrogens with zero attached hydrogens (tertiary/aromatic N) is 3. The van der Waals surface area contributed by atoms with Crippen LogP contribution in [0.4, 0.5) is 23.2 Å². The molecule has 0 aliphatic carbocycles. The van der Waals surface area contributed by atoms with Crippen molar-refractivity contribution in [1.82, 2.24) is 15.1 Å². The molecular formula is C27H22F4N4O2. The molecule has 1 aliphatic heterocycles. The Hall–Kier alpha value is -4.21. The molecule has 1 aliphatic rings. The Labute approximate surface area is 209 Å². The van der Waals surface area contributed by atoms with Crippen LogP contribution < -0.4 is 10.2 Å². The lowest BCUT2D eigenvalue weighted by Crippen LogP contribution is -2.46. The second-order valence-corrected chi connectivity index (χ2v) is 9.11. The smallest absolute Gasteiger partial charge is 0.321 e. The van der Waals surface area contributed by atoms with Crippen LogP contribution in [0.3, 0.4) is 0 Å². The quantitative estimate of drug-likeness (QED) is 0.372. The lowest BCUT2D eigenvalue weighted by molar-refractivity contribution is -0.143. The fraction of sp³-hybridized carbons (Fsp3) is 0.222. The molecule has 3 aromatic carbocycles. The first-order chi connectivity index (χ1) is 17.6. The predicted molar refractivity (Wildman–Crippen MR) is 129 cm³/mol. The monoisotopic (exact) mass is 510 g/mol. The zero-order chi connectivity index (χ0) is 26.3. The number of halogens is 4. The Balaban J connectivity index is 1.50. The van der Waals surface area contributed by atoms with Gasteiger partial charge in [-0.2, -0.15) is 13.9 Å². The van der Waals surface area contributed by atoms with Crippen molar-refractivity contribution in [3.8, 4) is 0 Å². The van der Waals surface area contributed by atoms with Crippen LogP contribution in [0.5, 0.6) is 0 Å². The molecule has 2 heterocycles. The number of alkyl halides is 2. The highest BCUT2D eigenvalue weighted by Gasteiger charge is 2.45. The standard InChI is InChI=1S/C27H22F4N4O2/c1-27(30,31)26(37)33-22-13-24(36)35(25(22)17-5-7-19(28)8-6-17)21-9-10-23-18(12-21)14-32-34(23)15-16-3-2-4-20(29)11-16/h2-12,14,22,25H,13,15H2,1H3,(H,33,37). The van der Waals surface area contributed by atoms with E-state index < -0.39 is 29.7 Å². The van der Waals surface area contributed by atoms with E-state index in [1.807, 2.05) is 0 Å². The zero-order valence-corrected chi connectivity index (χ0v) is 19.7. The van der Waals surface area contributed by atoms with Crippen LogP contribution in [0.2, 0.25) is 0 Å². The van der Waals surface area contributed by atoms with E-state index in [9.17, 15) is 27.2 Å². The molecule has 0 saturated carbocycles. The summed E-state index contributed by atoms with van der Waals surface area (Å²) in [6.07, 6.45) is 1.41. The van der Waals surface area contributed by atoms with E-state index in [-0.39, 0.29) is 18.1 Å². The van der Waals surface area contributed by atoms with Crippen LogP contribution in [0.15, 0.2) is 72.9 Å². The number of anilines is 1. The SMILES string of the molecule is CC(F)(F)C(=O)NC1CC(=O)N(c2ccc3c(cnn3Cc3cccc(F)c3)c2)C1c1ccc(F)cc1. The lowest BCUT2D eigenvalue weighted by Gasteiger charge is -2.29. The van der Waals surface area contributed by atoms with E-state index in [2.05, 4.69) is 10.4 Å². The van der Waals surface area contributed by atoms with Crippen molar-refractivity contribution in [2.24, 2.45) is 0 Å². The third-order valence-electron chi connectivity index (χ3n) is 6.37. The van der Waals surface area contributed by atoms with Crippen molar-refractivity contribution in [2.45, 2.75) is 37.9 Å². The zero-order valence-electron chi connectivity index (χ0n) is 19.7. The summed E-state index contributed by atoms with van der Waals surface area (Å²) in [4.78, 5) is 26.6. The lowest BCUT2D eigenvalue weighted by atomic mass is 9.99. The van der Waals surface area contributed by atoms with Crippen molar-refractivity contribution in [3.63, 3.8) is 0 Å². The van der Waals surface area contributed by atoms with Crippen LogP contribution in [-0.4, -0.2) is 33.6 Å². The average Bonchev–Trinajstić information content (AvgIpc) is 3.38. The molecule has 1 saturated heterocycles. The summed E-state index contributed by atoms with van der Waals surface area (Å²) in [6, 6.07) is 14.9. The number of hydrogen-bond donors (Lipinski definition) is 1. The molecule has 0 spiro atoms. The number of fused-ring (bicyclic) bond motifs is 1. The van der Waals surface area contributed by atoms with Gasteiger partial charge in [0.2, 0.25) is 5.91 Å². The molecule has 1 fully saturated rings. The van der Waals surface area contributed by atoms with E-state index in [1.165, 1.54) is 41.3 Å². The first kappa shape index (κ1) is 24.5. The molecule has 2 unspecified atom stereocenters. The number of nitrogens with one attached hydrogen (secondary N) is 1. The van der Waals surface area contributed by atoms with Crippen LogP contribution in [0.1, 0.15) is 30.5 Å². The maximum atomic E-state index is 13.6. The van der Waals surface area contributed by atoms with Gasteiger partial charge in [0.15, 0.2) is 0 Å². The van der Waals surface area contributed by atoms with Crippen molar-refractivity contribution in [1.29, 1.82) is 0 Å². The van der Waals surface area contributed by atoms with Crippen LogP contribution in [0, 0.1) is 11.6 Å². The van der Waals surface area contributed by atoms with Crippen molar-refractivity contribution in [2.75, 3.05) is 4.90 Å². The largest absolute Gasteiger partial charge is 0.345 e. The summed E-state index contributed by atoms with van der Waals surface area (Å²) in [5, 5.41) is 7.38. The Morgan fingerprint density at radius 2 is 1.81 bits per heavy atom. The van der Waals surface area contributed by atoms with Crippen LogP contribution in [-0.2, 0) is 16.1 Å². The minimum atomic E-state index is -3.63. The van der Waals surface area contributed by atoms with E-state index in [4.69, 9.17) is 0 Å². The van der Waals surface area contributed by atoms with Crippen LogP contribution in [0.25, 0.3) is 10.9 Å². The maximum absolute atomic E-state index is 13.6. The first-order valence-corrected chi connectivity index (χ1v) is 11.6. The molecule has 6 nitrogen and oxygen atoms in total. The third kappa shape index (κ3) is 4.91. The second kappa shape index (κ2) is 9.34. The van der Waals surface area contributed by atoms with Crippen molar-refractivity contribution >= 4 is 28.4 Å². The summed E-state index contributed by atoms with van der Waals surface area (Å²) in [7, 11) is 0. The molecule has 1 aromatic heterocycles. The van der Waals surface area contributed by atoms with Crippen molar-refractivity contribution < 1.29 is 27.2 Å². The Morgan fingerprint density at radius 3 is 2.51 bits per heavy atom. The Kier molecular flexibility index (Phi) is 6.18. The minimum Gasteiger partial charge on any atom is -0.345 e. The third-order valence-corrected chi connectivity index (χ3v) is 6.37. The van der Waals surface area contributed by atoms with E-state index in [1.54, 1.807) is 41.2 Å². The highest BCUT2D eigenvalue weighted by atomic mass is 19.3. The minimum absolute atomic E-state index is 0.208. The van der Waals surface area contributed by atoms with Gasteiger partial charge in [-0.25, -0.2) is 8.78 Å². The van der Waals surface area contributed by atoms with Gasteiger partial charge in [0.25, 0.3) is 5.91 Å². The van der Waals surface area contributed by atoms with Crippen LogP contribution >= 0.6 is 0 Å². The fourth-order valence-corrected chi connectivity index (χ4v) is 4.66. The van der Waals surface area contributed by atoms with E-state index in [0.717, 1.165) is 11.1 Å². The molecular weight excluding hydrogens is 488 g/mol. The Morgan fingerprint density at radius 1 is 1.05 bits per heavy atom. The van der Waals surface area contributed by atoms with Gasteiger partial charge >= 0.3 is 5.92 Å². The molecule has 5 rings (SSSR count). The molecule has 2 atom stereocenters. The summed E-state index contributed by atoms with van der Waals surface area (Å²) in [5.41, 5.74) is 2.43. The molecule has 2 amide bonds. The van der Waals surface area contributed by atoms with Gasteiger partial charge in [0.05, 0.1) is 30.3 Å². The number of rotatable bonds is 6. The van der Waals surface area contributed by atoms with Gasteiger partial charge < -0.3 is 10.2 Å². The molecule has 190 valence electrons. The van der Waals surface area contributed by atoms with Gasteiger partial charge in [-0.1, -0.05) is 24.3 Å². The molecule has 1 N–H and O–H groups in total. The summed E-state index contributed by atoms with van der Waals surface area (Å²) in [5.74, 6) is -6.34. The number of benzene rings is 3. The fourth-order valence-electron chi connectivity index (χ4n) is 4.66. The topological polar surface area (TPSA) is 67.2 Å². The molecule has 37 heavy (non-hydrogen) atoms. The maximum Gasteiger partial charge on any atom is 0.321 e. The number of aromatic nitrogens is 2. The summed E-state index contributed by atoms with van der Waals surface area (Å²) < 4.78 is 56.2. The number of carbonyl (C=O) groups is 2. The van der Waals surface area contributed by atoms with E-state index in [0.29, 0.717) is 30.1 Å². The number of carbonyl (C=O) groups excluding carboxylic acids is 2. The highest BCUT2D eigenvalue weighted by Crippen LogP contribution is 2.39. The second-order valence-electron chi connectivity index (χ2n) is 9.11. The normalized spacial score (nSPS) is 18.0. The van der Waals surface area contributed by atoms with Gasteiger partial charge in [-0.15, -0.1) is 0 Å². The molecule has 0 radical (unpaired) electrons. The molecule has 10 heteroatoms. The number of hydrogen-bond acceptors (Lipinski definition) is 3. The first-order valence-electron chi connectivity index (χ1n) is 11.6. The molecule has 0 bridgehead atoms.